The van der Waals surface area contributed by atoms with Crippen LogP contribution in [-0.4, -0.2) is 108 Å². The molecule has 4 N–H and O–H groups in total. The number of rotatable bonds is 5. The lowest BCUT2D eigenvalue weighted by atomic mass is 9.52. The van der Waals surface area contributed by atoms with Crippen molar-refractivity contribution >= 4 is 40.5 Å². The fourth-order valence-corrected chi connectivity index (χ4v) is 7.43. The van der Waals surface area contributed by atoms with Crippen molar-refractivity contribution in [2.45, 2.75) is 43.9 Å². The van der Waals surface area contributed by atoms with Crippen LogP contribution < -0.4 is 10.6 Å². The van der Waals surface area contributed by atoms with Gasteiger partial charge in [0.1, 0.15) is 11.5 Å². The van der Waals surface area contributed by atoms with Gasteiger partial charge in [-0.2, -0.15) is 0 Å². The Bertz CT molecular complexity index is 1380. The van der Waals surface area contributed by atoms with E-state index in [9.17, 15) is 39.0 Å². The van der Waals surface area contributed by atoms with Crippen LogP contribution in [0.25, 0.3) is 0 Å². The smallest absolute Gasteiger partial charge is 0.235 e. The molecule has 0 bridgehead atoms. The van der Waals surface area contributed by atoms with Gasteiger partial charge in [-0.15, -0.1) is 0 Å². The molecule has 1 saturated heterocycles. The zero-order valence-electron chi connectivity index (χ0n) is 23.7. The van der Waals surface area contributed by atoms with Gasteiger partial charge in [0, 0.05) is 63.7 Å². The molecule has 1 amide bonds. The van der Waals surface area contributed by atoms with Crippen molar-refractivity contribution < 1.29 is 39.0 Å². The van der Waals surface area contributed by atoms with Gasteiger partial charge in [0.2, 0.25) is 5.91 Å². The van der Waals surface area contributed by atoms with Gasteiger partial charge in [0.05, 0.1) is 17.5 Å². The lowest BCUT2D eigenvalue weighted by molar-refractivity contribution is -0.181. The Balaban J connectivity index is 1.60. The molecule has 12 nitrogen and oxygen atoms in total. The van der Waals surface area contributed by atoms with Gasteiger partial charge in [-0.1, -0.05) is 0 Å². The summed E-state index contributed by atoms with van der Waals surface area (Å²) in [4.78, 5) is 84.0. The number of likely N-dealkylation sites (tertiary alicyclic amines) is 1. The molecule has 5 rings (SSSR count). The van der Waals surface area contributed by atoms with Gasteiger partial charge in [-0.3, -0.25) is 38.6 Å². The van der Waals surface area contributed by atoms with Crippen molar-refractivity contribution in [1.29, 1.82) is 0 Å². The second-order valence-corrected chi connectivity index (χ2v) is 12.3. The van der Waals surface area contributed by atoms with Crippen molar-refractivity contribution in [3.63, 3.8) is 0 Å². The number of aromatic hydroxyl groups is 1. The zero-order chi connectivity index (χ0) is 30.1. The van der Waals surface area contributed by atoms with Crippen LogP contribution in [0.1, 0.15) is 40.7 Å². The Hall–Kier alpha value is -3.48. The Morgan fingerprint density at radius 2 is 1.71 bits per heavy atom. The number of hydrogen-bond donors (Lipinski definition) is 3. The number of likely N-dealkylation sites (N-methyl/N-ethyl adjacent to an activating group) is 1. The molecule has 12 heteroatoms. The summed E-state index contributed by atoms with van der Waals surface area (Å²) in [6.45, 7) is 1.33. The Kier molecular flexibility index (Phi) is 7.16. The normalized spacial score (nSPS) is 32.0. The topological polar surface area (TPSA) is 179 Å². The molecule has 41 heavy (non-hydrogen) atoms. The highest BCUT2D eigenvalue weighted by Gasteiger charge is 2.69. The van der Waals surface area contributed by atoms with Crippen molar-refractivity contribution in [1.82, 2.24) is 9.80 Å². The summed E-state index contributed by atoms with van der Waals surface area (Å²) in [7, 11) is 6.72. The number of anilines is 1. The van der Waals surface area contributed by atoms with Crippen molar-refractivity contribution in [2.75, 3.05) is 46.2 Å². The molecule has 1 heterocycles. The predicted octanol–water partition coefficient (Wildman–Crippen LogP) is -0.902. The summed E-state index contributed by atoms with van der Waals surface area (Å²) in [6.07, 6.45) is 1.01. The van der Waals surface area contributed by atoms with Crippen LogP contribution >= 0.6 is 0 Å². The molecule has 3 aliphatic carbocycles. The van der Waals surface area contributed by atoms with Gasteiger partial charge >= 0.3 is 0 Å². The number of ketones is 5. The number of Topliss-reactive ketones (excluding diaryl/α,β-unsaturated/α-hetero) is 5. The minimum atomic E-state index is -2.76. The summed E-state index contributed by atoms with van der Waals surface area (Å²) in [5.41, 5.74) is 4.31. The molecule has 6 atom stereocenters. The fourth-order valence-electron chi connectivity index (χ4n) is 7.43. The molecule has 2 saturated carbocycles. The van der Waals surface area contributed by atoms with E-state index in [1.807, 2.05) is 30.0 Å². The molecule has 3 fully saturated rings. The summed E-state index contributed by atoms with van der Waals surface area (Å²) < 4.78 is 0. The monoisotopic (exact) mass is 568 g/mol. The van der Waals surface area contributed by atoms with Gasteiger partial charge < -0.3 is 20.8 Å². The maximum Gasteiger partial charge on any atom is 0.235 e. The van der Waals surface area contributed by atoms with E-state index in [1.54, 1.807) is 14.1 Å². The standard InChI is InChI=1S/C29H36N4O8/c1-31(2)18-11-14(12-33-7-5-15(34)6-8-33)23(35)20-16(18)9-13-10-17-22(32(3)4)25(37)21(28(30)40)27(39)29(17,41)26(38)19(13)24(20)36/h11,13,17,19,21-22,35,41H,5-10,12H2,1-4H3,(H2,30,40)/t13-,17-,19?,21?,22-,29-/m0/s1. The quantitative estimate of drug-likeness (QED) is 0.375. The van der Waals surface area contributed by atoms with E-state index in [0.717, 1.165) is 0 Å². The van der Waals surface area contributed by atoms with E-state index in [1.165, 1.54) is 4.90 Å². The van der Waals surface area contributed by atoms with Crippen LogP contribution in [0.5, 0.6) is 5.75 Å². The first-order valence-electron chi connectivity index (χ1n) is 13.8. The molecule has 1 aliphatic heterocycles. The summed E-state index contributed by atoms with van der Waals surface area (Å²) in [6, 6.07) is 0.671. The van der Waals surface area contributed by atoms with Crippen LogP contribution in [0, 0.1) is 23.7 Å². The number of carbonyl (C=O) groups excluding carboxylic acids is 6. The number of nitrogens with zero attached hydrogens (tertiary/aromatic N) is 3. The molecule has 2 unspecified atom stereocenters. The molecule has 0 aromatic heterocycles. The van der Waals surface area contributed by atoms with Crippen molar-refractivity contribution in [2.24, 2.45) is 29.4 Å². The minimum absolute atomic E-state index is 0.00107. The number of primary amides is 1. The third kappa shape index (κ3) is 4.31. The molecule has 220 valence electrons. The van der Waals surface area contributed by atoms with E-state index >= 15 is 0 Å². The molecular formula is C29H36N4O8. The van der Waals surface area contributed by atoms with E-state index < -0.39 is 64.4 Å². The van der Waals surface area contributed by atoms with Gasteiger partial charge in [-0.25, -0.2) is 0 Å². The number of carbonyl (C=O) groups is 6. The lowest BCUT2D eigenvalue weighted by Crippen LogP contribution is -2.74. The van der Waals surface area contributed by atoms with Crippen LogP contribution in [-0.2, 0) is 36.9 Å². The third-order valence-electron chi connectivity index (χ3n) is 9.41. The van der Waals surface area contributed by atoms with Crippen LogP contribution in [0.4, 0.5) is 5.69 Å². The summed E-state index contributed by atoms with van der Waals surface area (Å²) in [5.74, 6) is -10.4. The van der Waals surface area contributed by atoms with Gasteiger partial charge in [0.15, 0.2) is 34.7 Å². The van der Waals surface area contributed by atoms with Crippen molar-refractivity contribution in [3.05, 3.63) is 22.8 Å². The van der Waals surface area contributed by atoms with E-state index in [2.05, 4.69) is 0 Å². The van der Waals surface area contributed by atoms with E-state index in [4.69, 9.17) is 5.73 Å². The molecule has 0 radical (unpaired) electrons. The fraction of sp³-hybridized carbons (Fsp3) is 0.586. The highest BCUT2D eigenvalue weighted by atomic mass is 16.3. The highest BCUT2D eigenvalue weighted by Crippen LogP contribution is 2.52. The minimum Gasteiger partial charge on any atom is -0.507 e. The van der Waals surface area contributed by atoms with Crippen LogP contribution in [0.3, 0.4) is 0 Å². The Morgan fingerprint density at radius 1 is 1.07 bits per heavy atom. The predicted molar refractivity (Wildman–Crippen MR) is 145 cm³/mol. The van der Waals surface area contributed by atoms with E-state index in [0.29, 0.717) is 49.3 Å². The Labute approximate surface area is 237 Å². The number of fused-ring (bicyclic) bond motifs is 3. The largest absolute Gasteiger partial charge is 0.507 e. The van der Waals surface area contributed by atoms with E-state index in [-0.39, 0.29) is 29.9 Å². The number of benzene rings is 1. The molecular weight excluding hydrogens is 532 g/mol. The first-order chi connectivity index (χ1) is 19.2. The summed E-state index contributed by atoms with van der Waals surface area (Å²) >= 11 is 0. The maximum atomic E-state index is 14.1. The number of amides is 1. The molecule has 1 aromatic rings. The number of phenols is 1. The van der Waals surface area contributed by atoms with Gasteiger partial charge in [-0.05, 0) is 44.5 Å². The number of phenolic OH excluding ortho intramolecular Hbond substituents is 1. The zero-order valence-corrected chi connectivity index (χ0v) is 23.7. The van der Waals surface area contributed by atoms with Crippen molar-refractivity contribution in [3.8, 4) is 5.75 Å². The second-order valence-electron chi connectivity index (χ2n) is 12.3. The molecule has 1 aromatic carbocycles. The number of piperidine rings is 1. The number of aliphatic hydroxyl groups is 1. The average Bonchev–Trinajstić information content (AvgIpc) is 2.88. The first-order valence-corrected chi connectivity index (χ1v) is 13.8. The molecule has 0 spiro atoms. The second kappa shape index (κ2) is 10.1. The van der Waals surface area contributed by atoms with Gasteiger partial charge in [0.25, 0.3) is 0 Å². The number of nitrogens with two attached hydrogens (primary N) is 1. The SMILES string of the molecule is CN(C)c1cc(CN2CCC(=O)CC2)c(O)c2c1C[C@H]1C[C@H]3[C@H](N(C)C)C(=O)C(C(N)=O)C(=O)[C@@]3(O)C(=O)C1C2=O. The third-order valence-corrected chi connectivity index (χ3v) is 9.41. The Morgan fingerprint density at radius 3 is 2.27 bits per heavy atom. The first kappa shape index (κ1) is 29.0. The van der Waals surface area contributed by atoms with Crippen LogP contribution in [0.2, 0.25) is 0 Å². The number of hydrogen-bond acceptors (Lipinski definition) is 11. The average molecular weight is 569 g/mol. The highest BCUT2D eigenvalue weighted by molar-refractivity contribution is 6.32. The molecule has 4 aliphatic rings. The summed E-state index contributed by atoms with van der Waals surface area (Å²) in [5, 5.41) is 23.1. The lowest BCUT2D eigenvalue weighted by Gasteiger charge is -2.52. The van der Waals surface area contributed by atoms with Crippen LogP contribution in [0.15, 0.2) is 6.07 Å². The maximum absolute atomic E-state index is 14.1.